The van der Waals surface area contributed by atoms with E-state index in [-0.39, 0.29) is 6.10 Å². The first-order chi connectivity index (χ1) is 14.7. The first-order valence-electron chi connectivity index (χ1n) is 13.4. The summed E-state index contributed by atoms with van der Waals surface area (Å²) in [5.41, 5.74) is 0.946. The quantitative estimate of drug-likeness (QED) is 0.185. The summed E-state index contributed by atoms with van der Waals surface area (Å²) in [5.74, 6) is 6.19. The molecule has 178 valence electrons. The number of hydrogen-bond acceptors (Lipinski definition) is 2. The molecule has 0 unspecified atom stereocenters. The predicted octanol–water partition coefficient (Wildman–Crippen LogP) is 8.06. The Kier molecular flexibility index (Phi) is 7.42. The molecular formula is C28H47IO2. The van der Waals surface area contributed by atoms with E-state index in [4.69, 9.17) is 4.74 Å². The molecule has 10 atom stereocenters. The van der Waals surface area contributed by atoms with E-state index in [0.717, 1.165) is 47.8 Å². The fourth-order valence-electron chi connectivity index (χ4n) is 9.45. The molecule has 0 aromatic heterocycles. The summed E-state index contributed by atoms with van der Waals surface area (Å²) in [4.78, 5) is 11.1. The summed E-state index contributed by atoms with van der Waals surface area (Å²) in [7, 11) is 0. The second-order valence-electron chi connectivity index (χ2n) is 12.9. The van der Waals surface area contributed by atoms with Gasteiger partial charge in [0.2, 0.25) is 0 Å². The number of fused-ring (bicyclic) bond motifs is 5. The van der Waals surface area contributed by atoms with Crippen molar-refractivity contribution in [3.05, 3.63) is 0 Å². The average molecular weight is 543 g/mol. The third-order valence-electron chi connectivity index (χ3n) is 11.1. The van der Waals surface area contributed by atoms with Crippen molar-refractivity contribution < 1.29 is 9.53 Å². The molecule has 0 aromatic rings. The largest absolute Gasteiger partial charge is 0.463 e. The molecule has 0 saturated heterocycles. The Morgan fingerprint density at radius 1 is 1.00 bits per heavy atom. The highest BCUT2D eigenvalue weighted by Gasteiger charge is 2.61. The lowest BCUT2D eigenvalue weighted by atomic mass is 9.44. The molecule has 0 N–H and O–H groups in total. The summed E-state index contributed by atoms with van der Waals surface area (Å²) < 4.78 is 6.10. The molecule has 0 spiro atoms. The van der Waals surface area contributed by atoms with Gasteiger partial charge in [0.1, 0.15) is 6.10 Å². The Hall–Kier alpha value is 0.200. The highest BCUT2D eigenvalue weighted by molar-refractivity contribution is 14.1. The van der Waals surface area contributed by atoms with E-state index in [1.165, 1.54) is 64.2 Å². The van der Waals surface area contributed by atoms with Crippen LogP contribution in [0.15, 0.2) is 0 Å². The number of carbonyl (C=O) groups is 1. The molecule has 4 aliphatic rings. The zero-order valence-corrected chi connectivity index (χ0v) is 22.9. The molecule has 4 fully saturated rings. The topological polar surface area (TPSA) is 26.3 Å². The van der Waals surface area contributed by atoms with Crippen molar-refractivity contribution in [3.63, 3.8) is 0 Å². The second-order valence-corrected chi connectivity index (χ2v) is 14.5. The lowest BCUT2D eigenvalue weighted by Gasteiger charge is -2.62. The van der Waals surface area contributed by atoms with E-state index in [9.17, 15) is 4.79 Å². The van der Waals surface area contributed by atoms with Crippen molar-refractivity contribution in [2.24, 2.45) is 52.3 Å². The van der Waals surface area contributed by atoms with Crippen LogP contribution in [0.2, 0.25) is 0 Å². The minimum atomic E-state index is 0.128. The van der Waals surface area contributed by atoms with Crippen molar-refractivity contribution in [2.45, 2.75) is 115 Å². The van der Waals surface area contributed by atoms with E-state index in [1.807, 2.05) is 0 Å². The molecule has 0 amide bonds. The van der Waals surface area contributed by atoms with Crippen LogP contribution < -0.4 is 0 Å². The molecule has 0 aliphatic heterocycles. The molecule has 4 saturated carbocycles. The van der Waals surface area contributed by atoms with Gasteiger partial charge in [-0.2, -0.15) is 0 Å². The van der Waals surface area contributed by atoms with Crippen LogP contribution in [0, 0.1) is 52.3 Å². The zero-order valence-electron chi connectivity index (χ0n) is 20.7. The lowest BCUT2D eigenvalue weighted by molar-refractivity contribution is -0.152. The summed E-state index contributed by atoms with van der Waals surface area (Å²) >= 11 is 2.55. The summed E-state index contributed by atoms with van der Waals surface area (Å²) in [5, 5.41) is 0. The van der Waals surface area contributed by atoms with Crippen molar-refractivity contribution in [1.82, 2.24) is 0 Å². The van der Waals surface area contributed by atoms with Crippen LogP contribution in [0.25, 0.3) is 0 Å². The van der Waals surface area contributed by atoms with Crippen LogP contribution in [-0.4, -0.2) is 16.5 Å². The molecule has 3 heteroatoms. The van der Waals surface area contributed by atoms with Gasteiger partial charge in [-0.05, 0) is 104 Å². The second kappa shape index (κ2) is 9.45. The molecule has 4 aliphatic carbocycles. The monoisotopic (exact) mass is 542 g/mol. The van der Waals surface area contributed by atoms with E-state index in [2.05, 4.69) is 57.2 Å². The predicted molar refractivity (Wildman–Crippen MR) is 137 cm³/mol. The highest BCUT2D eigenvalue weighted by atomic mass is 127. The lowest BCUT2D eigenvalue weighted by Crippen LogP contribution is -2.56. The number of halogens is 1. The maximum absolute atomic E-state index is 11.1. The number of alkyl halides is 1. The van der Waals surface area contributed by atoms with Crippen molar-refractivity contribution in [2.75, 3.05) is 0 Å². The van der Waals surface area contributed by atoms with Gasteiger partial charge in [-0.3, -0.25) is 4.79 Å². The van der Waals surface area contributed by atoms with Crippen LogP contribution in [0.3, 0.4) is 0 Å². The number of carbonyl (C=O) groups excluding carboxylic acids is 1. The summed E-state index contributed by atoms with van der Waals surface area (Å²) in [6, 6.07) is 0. The maximum Gasteiger partial charge on any atom is 0.293 e. The molecule has 0 aromatic carbocycles. The van der Waals surface area contributed by atoms with Gasteiger partial charge in [0.05, 0.1) is 0 Å². The van der Waals surface area contributed by atoms with Gasteiger partial charge in [0.15, 0.2) is 0 Å². The summed E-state index contributed by atoms with van der Waals surface area (Å²) in [6.07, 6.45) is 15.4. The Bertz CT molecular complexity index is 635. The van der Waals surface area contributed by atoms with Gasteiger partial charge in [0, 0.05) is 3.92 Å². The van der Waals surface area contributed by atoms with Gasteiger partial charge < -0.3 is 4.74 Å². The molecule has 2 nitrogen and oxygen atoms in total. The SMILES string of the molecule is CC(C)CCC[C@@H](C)[C@H]1CC[C@H]2[C@@H]3CC[C@H]4C[C@H](I)[C@@H](OC=O)C[C@]4(C)[C@H]3CC[C@]12C. The number of ether oxygens (including phenoxy) is 1. The van der Waals surface area contributed by atoms with Gasteiger partial charge in [-0.15, -0.1) is 0 Å². The first-order valence-corrected chi connectivity index (χ1v) is 14.7. The fraction of sp³-hybridized carbons (Fsp3) is 0.964. The zero-order chi connectivity index (χ0) is 22.4. The van der Waals surface area contributed by atoms with E-state index in [1.54, 1.807) is 0 Å². The average Bonchev–Trinajstić information content (AvgIpc) is 3.06. The van der Waals surface area contributed by atoms with E-state index < -0.39 is 0 Å². The van der Waals surface area contributed by atoms with E-state index in [0.29, 0.717) is 21.2 Å². The van der Waals surface area contributed by atoms with Crippen LogP contribution >= 0.6 is 22.6 Å². The van der Waals surface area contributed by atoms with Crippen LogP contribution in [0.5, 0.6) is 0 Å². The van der Waals surface area contributed by atoms with Crippen molar-refractivity contribution >= 4 is 29.1 Å². The minimum absolute atomic E-state index is 0.128. The minimum Gasteiger partial charge on any atom is -0.463 e. The Morgan fingerprint density at radius 3 is 2.45 bits per heavy atom. The van der Waals surface area contributed by atoms with Crippen LogP contribution in [0.4, 0.5) is 0 Å². The van der Waals surface area contributed by atoms with Gasteiger partial charge >= 0.3 is 0 Å². The molecule has 0 heterocycles. The third-order valence-corrected chi connectivity index (χ3v) is 12.4. The van der Waals surface area contributed by atoms with Gasteiger partial charge in [0.25, 0.3) is 6.47 Å². The fourth-order valence-corrected chi connectivity index (χ4v) is 10.5. The summed E-state index contributed by atoms with van der Waals surface area (Å²) in [6.45, 7) is 13.3. The van der Waals surface area contributed by atoms with Gasteiger partial charge in [-0.25, -0.2) is 0 Å². The Labute approximate surface area is 205 Å². The highest BCUT2D eigenvalue weighted by Crippen LogP contribution is 2.68. The molecule has 0 bridgehead atoms. The Balaban J connectivity index is 1.48. The first kappa shape index (κ1) is 24.3. The standard InChI is InChI=1S/C28H47IO2/c1-18(2)7-6-8-19(3)22-11-12-23-21-10-9-20-15-25(29)26(31-17-30)16-28(20,5)24(21)13-14-27(22,23)4/h17-26H,6-16H2,1-5H3/t19-,20+,21+,22-,23+,24+,25+,26+,27-,28+/m1/s1. The smallest absolute Gasteiger partial charge is 0.293 e. The van der Waals surface area contributed by atoms with Crippen molar-refractivity contribution in [1.29, 1.82) is 0 Å². The van der Waals surface area contributed by atoms with Crippen LogP contribution in [-0.2, 0) is 9.53 Å². The molecule has 4 rings (SSSR count). The van der Waals surface area contributed by atoms with Crippen LogP contribution in [0.1, 0.15) is 105 Å². The number of hydrogen-bond donors (Lipinski definition) is 0. The molecule has 31 heavy (non-hydrogen) atoms. The van der Waals surface area contributed by atoms with Gasteiger partial charge in [-0.1, -0.05) is 76.5 Å². The molecular weight excluding hydrogens is 495 g/mol. The maximum atomic E-state index is 11.1. The third kappa shape index (κ3) is 4.36. The Morgan fingerprint density at radius 2 is 1.74 bits per heavy atom. The number of rotatable bonds is 7. The van der Waals surface area contributed by atoms with Crippen molar-refractivity contribution in [3.8, 4) is 0 Å². The normalized spacial score (nSPS) is 47.9. The molecule has 0 radical (unpaired) electrons. The van der Waals surface area contributed by atoms with E-state index >= 15 is 0 Å².